The van der Waals surface area contributed by atoms with Crippen molar-refractivity contribution in [2.75, 3.05) is 4.90 Å². The number of thiophene rings is 1. The second-order valence-electron chi connectivity index (χ2n) is 13.6. The number of hydrogen-bond acceptors (Lipinski definition) is 2. The molecule has 1 aromatic heterocycles. The number of nitrogens with zero attached hydrogens (tertiary/aromatic N) is 1. The topological polar surface area (TPSA) is 3.24 Å². The summed E-state index contributed by atoms with van der Waals surface area (Å²) in [6, 6.07) is 63.2. The zero-order chi connectivity index (χ0) is 33.8. The number of para-hydroxylation sites is 1. The standard InChI is InChI=1S/C49H35NS/c1-4-16-34(17-5-1)39-22-12-15-27-46(39)50(37-20-8-3-9-21-37)38-29-31-47-43(33-38)42-30-28-36(32-48(42)51-47)49(35-18-6-2-7-19-35)44-25-13-10-23-40(44)41-24-11-14-26-45(41)49/h1-20,22-33,37H,21H2. The Kier molecular flexibility index (Phi) is 7.11. The van der Waals surface area contributed by atoms with E-state index in [4.69, 9.17) is 0 Å². The molecule has 2 aliphatic carbocycles. The van der Waals surface area contributed by atoms with Crippen molar-refractivity contribution in [2.24, 2.45) is 0 Å². The molecule has 0 aliphatic heterocycles. The predicted molar refractivity (Wildman–Crippen MR) is 217 cm³/mol. The number of hydrogen-bond donors (Lipinski definition) is 0. The highest BCUT2D eigenvalue weighted by atomic mass is 32.1. The van der Waals surface area contributed by atoms with Gasteiger partial charge in [0.2, 0.25) is 0 Å². The zero-order valence-electron chi connectivity index (χ0n) is 28.1. The van der Waals surface area contributed by atoms with Crippen LogP contribution in [-0.2, 0) is 5.41 Å². The van der Waals surface area contributed by atoms with Gasteiger partial charge in [0.25, 0.3) is 0 Å². The van der Waals surface area contributed by atoms with Crippen molar-refractivity contribution in [1.29, 1.82) is 0 Å². The maximum atomic E-state index is 2.54. The Morgan fingerprint density at radius 2 is 1.18 bits per heavy atom. The molecule has 242 valence electrons. The van der Waals surface area contributed by atoms with Crippen molar-refractivity contribution >= 4 is 42.9 Å². The van der Waals surface area contributed by atoms with Crippen molar-refractivity contribution in [2.45, 2.75) is 17.9 Å². The number of anilines is 2. The van der Waals surface area contributed by atoms with Crippen LogP contribution in [0.25, 0.3) is 42.4 Å². The Labute approximate surface area is 303 Å². The summed E-state index contributed by atoms with van der Waals surface area (Å²) < 4.78 is 2.62. The van der Waals surface area contributed by atoms with E-state index in [9.17, 15) is 0 Å². The van der Waals surface area contributed by atoms with Crippen molar-refractivity contribution < 1.29 is 0 Å². The van der Waals surface area contributed by atoms with E-state index < -0.39 is 5.41 Å². The van der Waals surface area contributed by atoms with Gasteiger partial charge in [-0.2, -0.15) is 0 Å². The van der Waals surface area contributed by atoms with Crippen LogP contribution in [0.4, 0.5) is 11.4 Å². The van der Waals surface area contributed by atoms with E-state index in [1.807, 2.05) is 11.3 Å². The van der Waals surface area contributed by atoms with E-state index in [1.54, 1.807) is 0 Å². The van der Waals surface area contributed by atoms with Crippen molar-refractivity contribution in [3.05, 3.63) is 216 Å². The minimum absolute atomic E-state index is 0.210. The number of benzene rings is 7. The van der Waals surface area contributed by atoms with Crippen LogP contribution >= 0.6 is 11.3 Å². The highest BCUT2D eigenvalue weighted by Crippen LogP contribution is 2.56. The monoisotopic (exact) mass is 669 g/mol. The molecule has 51 heavy (non-hydrogen) atoms. The maximum absolute atomic E-state index is 2.54. The second-order valence-corrected chi connectivity index (χ2v) is 14.7. The van der Waals surface area contributed by atoms with Gasteiger partial charge in [0.1, 0.15) is 0 Å². The van der Waals surface area contributed by atoms with Crippen molar-refractivity contribution in [3.8, 4) is 22.3 Å². The minimum Gasteiger partial charge on any atom is -0.334 e. The fourth-order valence-electron chi connectivity index (χ4n) is 8.67. The summed E-state index contributed by atoms with van der Waals surface area (Å²) in [6.45, 7) is 0. The first-order valence-corrected chi connectivity index (χ1v) is 18.6. The third-order valence-corrected chi connectivity index (χ3v) is 12.0. The molecule has 1 heterocycles. The predicted octanol–water partition coefficient (Wildman–Crippen LogP) is 13.1. The van der Waals surface area contributed by atoms with Crippen LogP contribution in [0.3, 0.4) is 0 Å². The lowest BCUT2D eigenvalue weighted by Crippen LogP contribution is -2.30. The van der Waals surface area contributed by atoms with Crippen molar-refractivity contribution in [1.82, 2.24) is 0 Å². The van der Waals surface area contributed by atoms with E-state index in [1.165, 1.54) is 76.1 Å². The molecule has 1 nitrogen and oxygen atoms in total. The SMILES string of the molecule is C1=CCC(N(c2ccc3sc4cc(C5(c6ccccc6)c6ccccc6-c6ccccc65)ccc4c3c2)c2ccccc2-c2ccccc2)C=C1. The van der Waals surface area contributed by atoms with Gasteiger partial charge >= 0.3 is 0 Å². The van der Waals surface area contributed by atoms with Crippen LogP contribution in [0, 0.1) is 0 Å². The Hall–Kier alpha value is -5.96. The van der Waals surface area contributed by atoms with Crippen LogP contribution in [0.5, 0.6) is 0 Å². The molecule has 1 atom stereocenters. The largest absolute Gasteiger partial charge is 0.334 e. The molecule has 2 aliphatic rings. The first kappa shape index (κ1) is 29.9. The van der Waals surface area contributed by atoms with Gasteiger partial charge in [-0.25, -0.2) is 0 Å². The molecular weight excluding hydrogens is 635 g/mol. The molecule has 0 spiro atoms. The summed E-state index contributed by atoms with van der Waals surface area (Å²) in [4.78, 5) is 2.54. The van der Waals surface area contributed by atoms with E-state index in [0.29, 0.717) is 0 Å². The molecular formula is C49H35NS. The Bertz CT molecular complexity index is 2580. The van der Waals surface area contributed by atoms with E-state index in [2.05, 4.69) is 199 Å². The quantitative estimate of drug-likeness (QED) is 0.170. The van der Waals surface area contributed by atoms with Gasteiger partial charge in [-0.05, 0) is 75.7 Å². The minimum atomic E-state index is -0.400. The molecule has 2 heteroatoms. The average Bonchev–Trinajstić information content (AvgIpc) is 3.72. The Balaban J connectivity index is 1.16. The Morgan fingerprint density at radius 3 is 1.90 bits per heavy atom. The molecule has 0 fully saturated rings. The molecule has 7 aromatic carbocycles. The highest BCUT2D eigenvalue weighted by Gasteiger charge is 2.46. The van der Waals surface area contributed by atoms with Crippen LogP contribution in [0.15, 0.2) is 194 Å². The molecule has 10 rings (SSSR count). The van der Waals surface area contributed by atoms with Gasteiger partial charge < -0.3 is 4.90 Å². The lowest BCUT2D eigenvalue weighted by molar-refractivity contribution is 0.770. The summed E-state index contributed by atoms with van der Waals surface area (Å²) in [5.74, 6) is 0. The fourth-order valence-corrected chi connectivity index (χ4v) is 9.80. The number of fused-ring (bicyclic) bond motifs is 6. The number of rotatable bonds is 6. The fraction of sp³-hybridized carbons (Fsp3) is 0.0612. The molecule has 0 radical (unpaired) electrons. The summed E-state index contributed by atoms with van der Waals surface area (Å²) >= 11 is 1.90. The zero-order valence-corrected chi connectivity index (χ0v) is 28.9. The van der Waals surface area contributed by atoms with Gasteiger partial charge in [-0.3, -0.25) is 0 Å². The van der Waals surface area contributed by atoms with Gasteiger partial charge in [-0.15, -0.1) is 11.3 Å². The number of allylic oxidation sites excluding steroid dienone is 2. The maximum Gasteiger partial charge on any atom is 0.0714 e. The van der Waals surface area contributed by atoms with Crippen LogP contribution in [0.1, 0.15) is 28.7 Å². The molecule has 0 saturated carbocycles. The first-order valence-electron chi connectivity index (χ1n) is 17.8. The van der Waals surface area contributed by atoms with E-state index in [0.717, 1.165) is 6.42 Å². The summed E-state index contributed by atoms with van der Waals surface area (Å²) in [6.07, 6.45) is 9.92. The lowest BCUT2D eigenvalue weighted by atomic mass is 9.67. The molecule has 1 unspecified atom stereocenters. The summed E-state index contributed by atoms with van der Waals surface area (Å²) in [7, 11) is 0. The van der Waals surface area contributed by atoms with E-state index >= 15 is 0 Å². The summed E-state index contributed by atoms with van der Waals surface area (Å²) in [5.41, 5.74) is 12.4. The molecule has 0 bridgehead atoms. The molecule has 0 amide bonds. The Morgan fingerprint density at radius 1 is 0.510 bits per heavy atom. The smallest absolute Gasteiger partial charge is 0.0714 e. The van der Waals surface area contributed by atoms with Crippen LogP contribution < -0.4 is 4.90 Å². The summed E-state index contributed by atoms with van der Waals surface area (Å²) in [5, 5.41) is 2.61. The van der Waals surface area contributed by atoms with E-state index in [-0.39, 0.29) is 6.04 Å². The highest BCUT2D eigenvalue weighted by molar-refractivity contribution is 7.25. The third-order valence-electron chi connectivity index (χ3n) is 10.9. The van der Waals surface area contributed by atoms with Crippen LogP contribution in [0.2, 0.25) is 0 Å². The first-order chi connectivity index (χ1) is 25.3. The second kappa shape index (κ2) is 12.1. The van der Waals surface area contributed by atoms with Gasteiger partial charge in [0, 0.05) is 37.1 Å². The van der Waals surface area contributed by atoms with Gasteiger partial charge in [-0.1, -0.05) is 164 Å². The average molecular weight is 670 g/mol. The molecule has 8 aromatic rings. The van der Waals surface area contributed by atoms with Crippen molar-refractivity contribution in [3.63, 3.8) is 0 Å². The lowest BCUT2D eigenvalue weighted by Gasteiger charge is -2.34. The third kappa shape index (κ3) is 4.67. The normalized spacial score (nSPS) is 15.6. The van der Waals surface area contributed by atoms with Crippen LogP contribution in [-0.4, -0.2) is 6.04 Å². The van der Waals surface area contributed by atoms with Gasteiger partial charge in [0.15, 0.2) is 0 Å². The van der Waals surface area contributed by atoms with Gasteiger partial charge in [0.05, 0.1) is 11.5 Å². The molecule has 0 saturated heterocycles. The molecule has 0 N–H and O–H groups in total.